The van der Waals surface area contributed by atoms with E-state index in [1.807, 2.05) is 24.3 Å². The first kappa shape index (κ1) is 19.9. The molecule has 0 aliphatic carbocycles. The molecule has 4 heterocycles. The molecular formula is C22H19N3O4S2. The number of piperazine rings is 1. The maximum Gasteiger partial charge on any atom is 0.254 e. The fourth-order valence-corrected chi connectivity index (χ4v) is 6.31. The Labute approximate surface area is 183 Å². The van der Waals surface area contributed by atoms with Crippen molar-refractivity contribution in [1.29, 1.82) is 0 Å². The second kappa shape index (κ2) is 7.92. The lowest BCUT2D eigenvalue weighted by Crippen LogP contribution is -2.50. The van der Waals surface area contributed by atoms with Crippen molar-refractivity contribution in [3.05, 3.63) is 71.8 Å². The third kappa shape index (κ3) is 3.65. The number of thiophene rings is 1. The monoisotopic (exact) mass is 453 g/mol. The maximum atomic E-state index is 13.4. The lowest BCUT2D eigenvalue weighted by Gasteiger charge is -2.34. The second-order valence-electron chi connectivity index (χ2n) is 7.18. The number of sulfonamides is 1. The molecule has 0 N–H and O–H groups in total. The molecule has 1 fully saturated rings. The molecule has 158 valence electrons. The number of nitrogens with zero attached hydrogens (tertiary/aromatic N) is 3. The summed E-state index contributed by atoms with van der Waals surface area (Å²) in [4.78, 5) is 19.8. The Hall–Kier alpha value is -3.01. The van der Waals surface area contributed by atoms with Gasteiger partial charge in [0.15, 0.2) is 5.76 Å². The molecule has 1 aliphatic rings. The highest BCUT2D eigenvalue weighted by atomic mass is 32.2. The summed E-state index contributed by atoms with van der Waals surface area (Å²) in [6.45, 7) is 1.19. The number of pyridine rings is 1. The van der Waals surface area contributed by atoms with Crippen LogP contribution in [0.15, 0.2) is 74.9 Å². The lowest BCUT2D eigenvalue weighted by atomic mass is 10.1. The Balaban J connectivity index is 1.42. The Morgan fingerprint density at radius 2 is 1.81 bits per heavy atom. The molecule has 3 aromatic heterocycles. The van der Waals surface area contributed by atoms with E-state index in [0.717, 1.165) is 5.39 Å². The first-order valence-electron chi connectivity index (χ1n) is 9.80. The van der Waals surface area contributed by atoms with Gasteiger partial charge in [0.1, 0.15) is 9.90 Å². The average molecular weight is 454 g/mol. The first-order valence-corrected chi connectivity index (χ1v) is 12.1. The Kier molecular flexibility index (Phi) is 5.09. The van der Waals surface area contributed by atoms with E-state index < -0.39 is 10.0 Å². The van der Waals surface area contributed by atoms with E-state index in [2.05, 4.69) is 4.98 Å². The van der Waals surface area contributed by atoms with Crippen molar-refractivity contribution in [1.82, 2.24) is 14.2 Å². The average Bonchev–Trinajstić information content (AvgIpc) is 3.53. The summed E-state index contributed by atoms with van der Waals surface area (Å²) in [5.74, 6) is 0.450. The zero-order chi connectivity index (χ0) is 21.4. The van der Waals surface area contributed by atoms with Gasteiger partial charge in [0.25, 0.3) is 15.9 Å². The largest absolute Gasteiger partial charge is 0.463 e. The molecule has 4 aromatic rings. The molecule has 0 atom stereocenters. The highest BCUT2D eigenvalue weighted by molar-refractivity contribution is 7.91. The van der Waals surface area contributed by atoms with E-state index in [1.54, 1.807) is 46.9 Å². The minimum absolute atomic E-state index is 0.139. The summed E-state index contributed by atoms with van der Waals surface area (Å²) < 4.78 is 32.8. The number of carbonyl (C=O) groups is 1. The van der Waals surface area contributed by atoms with Gasteiger partial charge >= 0.3 is 0 Å². The molecule has 1 aliphatic heterocycles. The number of furan rings is 1. The maximum absolute atomic E-state index is 13.4. The predicted octanol–water partition coefficient (Wildman–Crippen LogP) is 3.70. The molecule has 31 heavy (non-hydrogen) atoms. The van der Waals surface area contributed by atoms with E-state index in [9.17, 15) is 13.2 Å². The van der Waals surface area contributed by atoms with Gasteiger partial charge in [-0.2, -0.15) is 4.31 Å². The van der Waals surface area contributed by atoms with Gasteiger partial charge in [-0.25, -0.2) is 13.4 Å². The van der Waals surface area contributed by atoms with Crippen LogP contribution >= 0.6 is 11.3 Å². The number of hydrogen-bond acceptors (Lipinski definition) is 6. The summed E-state index contributed by atoms with van der Waals surface area (Å²) in [6.07, 6.45) is 1.57. The van der Waals surface area contributed by atoms with Crippen LogP contribution in [-0.2, 0) is 10.0 Å². The van der Waals surface area contributed by atoms with Crippen LogP contribution in [0.5, 0.6) is 0 Å². The number of rotatable bonds is 4. The Bertz CT molecular complexity index is 1320. The van der Waals surface area contributed by atoms with Crippen molar-refractivity contribution in [2.75, 3.05) is 26.2 Å². The van der Waals surface area contributed by atoms with Gasteiger partial charge in [-0.1, -0.05) is 24.3 Å². The van der Waals surface area contributed by atoms with Crippen LogP contribution in [0, 0.1) is 0 Å². The molecule has 0 radical (unpaired) electrons. The van der Waals surface area contributed by atoms with E-state index in [-0.39, 0.29) is 19.0 Å². The molecule has 0 unspecified atom stereocenters. The first-order chi connectivity index (χ1) is 15.0. The Morgan fingerprint density at radius 1 is 1.00 bits per heavy atom. The predicted molar refractivity (Wildman–Crippen MR) is 118 cm³/mol. The number of hydrogen-bond donors (Lipinski definition) is 0. The summed E-state index contributed by atoms with van der Waals surface area (Å²) in [5.41, 5.74) is 1.83. The van der Waals surface area contributed by atoms with Gasteiger partial charge in [-0.3, -0.25) is 4.79 Å². The number of carbonyl (C=O) groups excluding carboxylic acids is 1. The third-order valence-electron chi connectivity index (χ3n) is 5.34. The quantitative estimate of drug-likeness (QED) is 0.470. The van der Waals surface area contributed by atoms with Gasteiger partial charge in [0.2, 0.25) is 0 Å². The van der Waals surface area contributed by atoms with Crippen LogP contribution in [0.25, 0.3) is 22.4 Å². The molecule has 0 bridgehead atoms. The molecule has 0 saturated carbocycles. The van der Waals surface area contributed by atoms with Crippen molar-refractivity contribution in [3.63, 3.8) is 0 Å². The number of fused-ring (bicyclic) bond motifs is 1. The standard InChI is InChI=1S/C22H19N3O4S2/c26-22(24-9-11-25(12-10-24)31(27,28)21-8-4-14-30-21)17-15-19(20-7-3-13-29-20)23-18-6-2-1-5-16(17)18/h1-8,13-15H,9-12H2. The van der Waals surface area contributed by atoms with Crippen molar-refractivity contribution >= 4 is 38.2 Å². The zero-order valence-electron chi connectivity index (χ0n) is 16.5. The smallest absolute Gasteiger partial charge is 0.254 e. The van der Waals surface area contributed by atoms with Gasteiger partial charge in [0.05, 0.1) is 17.3 Å². The van der Waals surface area contributed by atoms with Gasteiger partial charge in [0, 0.05) is 31.6 Å². The van der Waals surface area contributed by atoms with Crippen molar-refractivity contribution in [3.8, 4) is 11.5 Å². The molecule has 9 heteroatoms. The molecule has 7 nitrogen and oxygen atoms in total. The van der Waals surface area contributed by atoms with E-state index >= 15 is 0 Å². The zero-order valence-corrected chi connectivity index (χ0v) is 18.1. The fourth-order valence-electron chi connectivity index (χ4n) is 3.74. The molecule has 1 aromatic carbocycles. The topological polar surface area (TPSA) is 83.7 Å². The van der Waals surface area contributed by atoms with Gasteiger partial charge in [-0.15, -0.1) is 11.3 Å². The fraction of sp³-hybridized carbons (Fsp3) is 0.182. The van der Waals surface area contributed by atoms with Gasteiger partial charge < -0.3 is 9.32 Å². The van der Waals surface area contributed by atoms with Crippen molar-refractivity contribution in [2.24, 2.45) is 0 Å². The number of para-hydroxylation sites is 1. The van der Waals surface area contributed by atoms with Crippen LogP contribution in [0.2, 0.25) is 0 Å². The van der Waals surface area contributed by atoms with Crippen LogP contribution in [-0.4, -0.2) is 54.7 Å². The van der Waals surface area contributed by atoms with E-state index in [1.165, 1.54) is 15.6 Å². The molecule has 5 rings (SSSR count). The third-order valence-corrected chi connectivity index (χ3v) is 8.61. The normalized spacial score (nSPS) is 15.4. The van der Waals surface area contributed by atoms with Crippen LogP contribution in [0.1, 0.15) is 10.4 Å². The lowest BCUT2D eigenvalue weighted by molar-refractivity contribution is 0.0700. The minimum Gasteiger partial charge on any atom is -0.463 e. The minimum atomic E-state index is -3.51. The second-order valence-corrected chi connectivity index (χ2v) is 10.3. The number of benzene rings is 1. The number of amides is 1. The summed E-state index contributed by atoms with van der Waals surface area (Å²) in [5, 5.41) is 2.51. The van der Waals surface area contributed by atoms with E-state index in [0.29, 0.717) is 39.8 Å². The van der Waals surface area contributed by atoms with Crippen molar-refractivity contribution < 1.29 is 17.6 Å². The Morgan fingerprint density at radius 3 is 2.52 bits per heavy atom. The molecule has 0 spiro atoms. The molecular weight excluding hydrogens is 434 g/mol. The molecule has 1 amide bonds. The van der Waals surface area contributed by atoms with E-state index in [4.69, 9.17) is 4.42 Å². The summed E-state index contributed by atoms with van der Waals surface area (Å²) >= 11 is 1.20. The van der Waals surface area contributed by atoms with Crippen LogP contribution < -0.4 is 0 Å². The summed E-state index contributed by atoms with van der Waals surface area (Å²) in [7, 11) is -3.51. The highest BCUT2D eigenvalue weighted by Gasteiger charge is 2.31. The van der Waals surface area contributed by atoms with Crippen LogP contribution in [0.4, 0.5) is 0 Å². The highest BCUT2D eigenvalue weighted by Crippen LogP contribution is 2.27. The van der Waals surface area contributed by atoms with Gasteiger partial charge in [-0.05, 0) is 35.7 Å². The SMILES string of the molecule is O=C(c1cc(-c2ccco2)nc2ccccc12)N1CCN(S(=O)(=O)c2cccs2)CC1. The summed E-state index contributed by atoms with van der Waals surface area (Å²) in [6, 6.07) is 16.2. The number of aromatic nitrogens is 1. The van der Waals surface area contributed by atoms with Crippen LogP contribution in [0.3, 0.4) is 0 Å². The molecule has 1 saturated heterocycles. The van der Waals surface area contributed by atoms with Crippen molar-refractivity contribution in [2.45, 2.75) is 4.21 Å².